The maximum absolute atomic E-state index is 10.7. The molecule has 3 aromatic rings. The van der Waals surface area contributed by atoms with Gasteiger partial charge in [-0.25, -0.2) is 0 Å². The Kier molecular flexibility index (Phi) is 2.90. The van der Waals surface area contributed by atoms with Crippen molar-refractivity contribution in [2.75, 3.05) is 5.73 Å². The SMILES string of the molecule is Cn1nc(-c2ccc([N+](=O)[O-])o2)c(-c2ccccn2)c1N. The molecule has 0 atom stereocenters. The van der Waals surface area contributed by atoms with Crippen LogP contribution in [0.5, 0.6) is 0 Å². The van der Waals surface area contributed by atoms with Gasteiger partial charge in [-0.1, -0.05) is 6.07 Å². The Morgan fingerprint density at radius 1 is 1.33 bits per heavy atom. The predicted octanol–water partition coefficient (Wildman–Crippen LogP) is 2.23. The van der Waals surface area contributed by atoms with Crippen LogP contribution < -0.4 is 5.73 Å². The van der Waals surface area contributed by atoms with Crippen molar-refractivity contribution in [2.45, 2.75) is 0 Å². The Bertz CT molecular complexity index is 807. The van der Waals surface area contributed by atoms with Crippen LogP contribution in [0.25, 0.3) is 22.7 Å². The topological polar surface area (TPSA) is 113 Å². The molecule has 2 N–H and O–H groups in total. The Morgan fingerprint density at radius 2 is 2.14 bits per heavy atom. The monoisotopic (exact) mass is 285 g/mol. The molecule has 0 aliphatic heterocycles. The molecule has 3 heterocycles. The molecule has 0 spiro atoms. The van der Waals surface area contributed by atoms with Gasteiger partial charge in [-0.3, -0.25) is 19.8 Å². The lowest BCUT2D eigenvalue weighted by atomic mass is 10.1. The summed E-state index contributed by atoms with van der Waals surface area (Å²) in [7, 11) is 1.68. The average molecular weight is 285 g/mol. The van der Waals surface area contributed by atoms with Gasteiger partial charge < -0.3 is 10.2 Å². The van der Waals surface area contributed by atoms with Gasteiger partial charge in [0.25, 0.3) is 0 Å². The third-order valence-corrected chi connectivity index (χ3v) is 3.02. The number of pyridine rings is 1. The van der Waals surface area contributed by atoms with Gasteiger partial charge >= 0.3 is 5.88 Å². The maximum Gasteiger partial charge on any atom is 0.433 e. The molecule has 0 radical (unpaired) electrons. The van der Waals surface area contributed by atoms with Gasteiger partial charge in [0.1, 0.15) is 16.4 Å². The fourth-order valence-corrected chi connectivity index (χ4v) is 2.03. The van der Waals surface area contributed by atoms with Crippen molar-refractivity contribution in [3.05, 3.63) is 46.6 Å². The number of nitrogen functional groups attached to an aromatic ring is 1. The van der Waals surface area contributed by atoms with E-state index in [-0.39, 0.29) is 11.6 Å². The Balaban J connectivity index is 2.19. The summed E-state index contributed by atoms with van der Waals surface area (Å²) in [4.78, 5) is 14.4. The summed E-state index contributed by atoms with van der Waals surface area (Å²) in [6.45, 7) is 0. The molecule has 0 unspecified atom stereocenters. The summed E-state index contributed by atoms with van der Waals surface area (Å²) >= 11 is 0. The zero-order chi connectivity index (χ0) is 15.0. The minimum atomic E-state index is -0.601. The molecule has 21 heavy (non-hydrogen) atoms. The maximum atomic E-state index is 10.7. The molecular weight excluding hydrogens is 274 g/mol. The van der Waals surface area contributed by atoms with E-state index in [0.717, 1.165) is 0 Å². The molecule has 0 amide bonds. The van der Waals surface area contributed by atoms with Crippen molar-refractivity contribution in [1.29, 1.82) is 0 Å². The zero-order valence-electron chi connectivity index (χ0n) is 11.1. The number of anilines is 1. The van der Waals surface area contributed by atoms with Crippen LogP contribution in [0.1, 0.15) is 0 Å². The van der Waals surface area contributed by atoms with E-state index in [9.17, 15) is 10.1 Å². The van der Waals surface area contributed by atoms with Crippen LogP contribution in [0.4, 0.5) is 11.7 Å². The van der Waals surface area contributed by atoms with Crippen molar-refractivity contribution < 1.29 is 9.34 Å². The fraction of sp³-hybridized carbons (Fsp3) is 0.0769. The third kappa shape index (κ3) is 2.12. The van der Waals surface area contributed by atoms with E-state index < -0.39 is 4.92 Å². The van der Waals surface area contributed by atoms with E-state index >= 15 is 0 Å². The first-order chi connectivity index (χ1) is 10.1. The van der Waals surface area contributed by atoms with Crippen LogP contribution in [0.3, 0.4) is 0 Å². The minimum absolute atomic E-state index is 0.273. The Morgan fingerprint density at radius 3 is 2.76 bits per heavy atom. The van der Waals surface area contributed by atoms with Gasteiger partial charge in [-0.05, 0) is 18.2 Å². The van der Waals surface area contributed by atoms with E-state index in [0.29, 0.717) is 22.8 Å². The van der Waals surface area contributed by atoms with Gasteiger partial charge in [0, 0.05) is 13.2 Å². The normalized spacial score (nSPS) is 10.7. The first kappa shape index (κ1) is 12.9. The molecule has 8 heteroatoms. The second kappa shape index (κ2) is 4.75. The molecule has 0 saturated heterocycles. The number of nitrogens with zero attached hydrogens (tertiary/aromatic N) is 4. The molecule has 0 aliphatic rings. The number of nitro groups is 1. The highest BCUT2D eigenvalue weighted by Gasteiger charge is 2.22. The zero-order valence-corrected chi connectivity index (χ0v) is 11.1. The number of furan rings is 1. The smallest absolute Gasteiger partial charge is 0.399 e. The quantitative estimate of drug-likeness (QED) is 0.583. The summed E-state index contributed by atoms with van der Waals surface area (Å²) in [6, 6.07) is 8.17. The highest BCUT2D eigenvalue weighted by Crippen LogP contribution is 2.36. The van der Waals surface area contributed by atoms with Gasteiger partial charge in [0.2, 0.25) is 0 Å². The highest BCUT2D eigenvalue weighted by molar-refractivity contribution is 5.85. The summed E-state index contributed by atoms with van der Waals surface area (Å²) in [5.41, 5.74) is 7.65. The van der Waals surface area contributed by atoms with Gasteiger partial charge in [-0.2, -0.15) is 5.10 Å². The first-order valence-corrected chi connectivity index (χ1v) is 6.06. The second-order valence-electron chi connectivity index (χ2n) is 4.34. The molecule has 3 rings (SSSR count). The Labute approximate surface area is 119 Å². The van der Waals surface area contributed by atoms with Crippen LogP contribution in [0.15, 0.2) is 40.9 Å². The summed E-state index contributed by atoms with van der Waals surface area (Å²) in [5.74, 6) is 0.332. The van der Waals surface area contributed by atoms with Crippen molar-refractivity contribution >= 4 is 11.7 Å². The highest BCUT2D eigenvalue weighted by atomic mass is 16.6. The van der Waals surface area contributed by atoms with Gasteiger partial charge in [0.05, 0.1) is 17.3 Å². The molecule has 0 bridgehead atoms. The number of hydrogen-bond donors (Lipinski definition) is 1. The summed E-state index contributed by atoms with van der Waals surface area (Å²) in [6.07, 6.45) is 1.64. The number of aryl methyl sites for hydroxylation is 1. The van der Waals surface area contributed by atoms with Gasteiger partial charge in [0.15, 0.2) is 5.76 Å². The third-order valence-electron chi connectivity index (χ3n) is 3.02. The van der Waals surface area contributed by atoms with E-state index in [4.69, 9.17) is 10.2 Å². The van der Waals surface area contributed by atoms with Crippen LogP contribution in [0.2, 0.25) is 0 Å². The minimum Gasteiger partial charge on any atom is -0.399 e. The number of rotatable bonds is 3. The Hall–Kier alpha value is -3.16. The standard InChI is InChI=1S/C13H11N5O3/c1-17-13(14)11(8-4-2-3-7-15-8)12(16-17)9-5-6-10(21-9)18(19)20/h2-7H,14H2,1H3. The van der Waals surface area contributed by atoms with Crippen molar-refractivity contribution in [2.24, 2.45) is 7.05 Å². The molecule has 106 valence electrons. The lowest BCUT2D eigenvalue weighted by Crippen LogP contribution is -1.98. The van der Waals surface area contributed by atoms with Crippen molar-refractivity contribution in [3.63, 3.8) is 0 Å². The number of hydrogen-bond acceptors (Lipinski definition) is 6. The van der Waals surface area contributed by atoms with Crippen molar-refractivity contribution in [1.82, 2.24) is 14.8 Å². The number of nitrogens with two attached hydrogens (primary N) is 1. The molecular formula is C13H11N5O3. The largest absolute Gasteiger partial charge is 0.433 e. The lowest BCUT2D eigenvalue weighted by Gasteiger charge is -2.01. The van der Waals surface area contributed by atoms with E-state index in [1.165, 1.54) is 16.8 Å². The second-order valence-corrected chi connectivity index (χ2v) is 4.34. The predicted molar refractivity (Wildman–Crippen MR) is 75.2 cm³/mol. The molecule has 0 saturated carbocycles. The van der Waals surface area contributed by atoms with Crippen LogP contribution in [-0.2, 0) is 7.05 Å². The van der Waals surface area contributed by atoms with E-state index in [1.807, 2.05) is 6.07 Å². The first-order valence-electron chi connectivity index (χ1n) is 6.06. The molecule has 0 aliphatic carbocycles. The number of aromatic nitrogens is 3. The van der Waals surface area contributed by atoms with E-state index in [1.54, 1.807) is 25.4 Å². The average Bonchev–Trinajstić information content (AvgIpc) is 3.06. The lowest BCUT2D eigenvalue weighted by molar-refractivity contribution is -0.401. The summed E-state index contributed by atoms with van der Waals surface area (Å²) in [5, 5.41) is 15.0. The molecule has 0 fully saturated rings. The van der Waals surface area contributed by atoms with Gasteiger partial charge in [-0.15, -0.1) is 0 Å². The van der Waals surface area contributed by atoms with Crippen LogP contribution in [0, 0.1) is 10.1 Å². The fourth-order valence-electron chi connectivity index (χ4n) is 2.03. The van der Waals surface area contributed by atoms with E-state index in [2.05, 4.69) is 10.1 Å². The van der Waals surface area contributed by atoms with Crippen LogP contribution in [-0.4, -0.2) is 19.7 Å². The van der Waals surface area contributed by atoms with Crippen molar-refractivity contribution in [3.8, 4) is 22.7 Å². The van der Waals surface area contributed by atoms with Crippen LogP contribution >= 0.6 is 0 Å². The molecule has 3 aromatic heterocycles. The molecule has 0 aromatic carbocycles. The summed E-state index contributed by atoms with van der Waals surface area (Å²) < 4.78 is 6.68. The molecule has 8 nitrogen and oxygen atoms in total.